The van der Waals surface area contributed by atoms with Gasteiger partial charge in [-0.05, 0) is 17.7 Å². The van der Waals surface area contributed by atoms with Crippen LogP contribution in [0.15, 0.2) is 24.3 Å². The molecule has 1 rings (SSSR count). The number of primary amides is 1. The summed E-state index contributed by atoms with van der Waals surface area (Å²) in [5.74, 6) is -1.95. The zero-order valence-corrected chi connectivity index (χ0v) is 8.24. The van der Waals surface area contributed by atoms with Gasteiger partial charge >= 0.3 is 6.43 Å². The Morgan fingerprint density at radius 2 is 2.06 bits per heavy atom. The molecule has 0 saturated carbocycles. The normalized spacial score (nSPS) is 10.2. The summed E-state index contributed by atoms with van der Waals surface area (Å²) in [6.45, 7) is -0.0652. The predicted octanol–water partition coefficient (Wildman–Crippen LogP) is 0.667. The quantitative estimate of drug-likeness (QED) is 0.794. The number of amides is 2. The van der Waals surface area contributed by atoms with Gasteiger partial charge in [0.15, 0.2) is 0 Å². The number of rotatable bonds is 4. The highest BCUT2D eigenvalue weighted by molar-refractivity contribution is 5.92. The molecule has 4 nitrogen and oxygen atoms in total. The molecule has 1 aromatic rings. The molecule has 16 heavy (non-hydrogen) atoms. The van der Waals surface area contributed by atoms with E-state index in [0.29, 0.717) is 5.56 Å². The number of nitrogens with two attached hydrogens (primary N) is 1. The van der Waals surface area contributed by atoms with E-state index < -0.39 is 18.2 Å². The van der Waals surface area contributed by atoms with Gasteiger partial charge in [-0.1, -0.05) is 12.1 Å². The summed E-state index contributed by atoms with van der Waals surface area (Å²) in [4.78, 5) is 21.4. The largest absolute Gasteiger partial charge is 0.366 e. The van der Waals surface area contributed by atoms with Gasteiger partial charge in [-0.3, -0.25) is 9.59 Å². The highest BCUT2D eigenvalue weighted by Crippen LogP contribution is 2.04. The maximum atomic E-state index is 11.9. The second-order valence-corrected chi connectivity index (χ2v) is 3.08. The third-order valence-electron chi connectivity index (χ3n) is 1.88. The zero-order chi connectivity index (χ0) is 12.1. The number of hydrogen-bond acceptors (Lipinski definition) is 2. The Morgan fingerprint density at radius 1 is 1.38 bits per heavy atom. The van der Waals surface area contributed by atoms with Crippen molar-refractivity contribution < 1.29 is 18.4 Å². The molecule has 0 aliphatic carbocycles. The number of nitrogens with one attached hydrogen (secondary N) is 1. The average molecular weight is 228 g/mol. The monoisotopic (exact) mass is 228 g/mol. The van der Waals surface area contributed by atoms with E-state index in [1.165, 1.54) is 12.1 Å². The van der Waals surface area contributed by atoms with Crippen molar-refractivity contribution in [2.75, 3.05) is 0 Å². The standard InChI is InChI=1S/C10H10F2N2O2/c11-8(12)10(16)14-5-6-2-1-3-7(4-6)9(13)15/h1-4,8H,5H2,(H2,13,15)(H,14,16). The minimum absolute atomic E-state index is 0.0652. The number of carbonyl (C=O) groups is 2. The fourth-order valence-corrected chi connectivity index (χ4v) is 1.10. The molecule has 0 bridgehead atoms. The Hall–Kier alpha value is -1.98. The van der Waals surface area contributed by atoms with Crippen LogP contribution < -0.4 is 11.1 Å². The topological polar surface area (TPSA) is 72.2 Å². The molecule has 0 aliphatic heterocycles. The lowest BCUT2D eigenvalue weighted by atomic mass is 10.1. The van der Waals surface area contributed by atoms with Crippen molar-refractivity contribution >= 4 is 11.8 Å². The molecule has 0 unspecified atom stereocenters. The molecular formula is C10H10F2N2O2. The number of alkyl halides is 2. The first-order valence-electron chi connectivity index (χ1n) is 4.45. The second kappa shape index (κ2) is 5.20. The lowest BCUT2D eigenvalue weighted by molar-refractivity contribution is -0.131. The van der Waals surface area contributed by atoms with Crippen LogP contribution in [0.3, 0.4) is 0 Å². The van der Waals surface area contributed by atoms with E-state index in [0.717, 1.165) is 0 Å². The highest BCUT2D eigenvalue weighted by Gasteiger charge is 2.14. The van der Waals surface area contributed by atoms with Gasteiger partial charge in [-0.15, -0.1) is 0 Å². The third kappa shape index (κ3) is 3.30. The minimum atomic E-state index is -3.04. The first kappa shape index (κ1) is 12.1. The number of benzene rings is 1. The molecule has 0 atom stereocenters. The summed E-state index contributed by atoms with van der Waals surface area (Å²) in [7, 11) is 0. The van der Waals surface area contributed by atoms with E-state index in [2.05, 4.69) is 0 Å². The van der Waals surface area contributed by atoms with Gasteiger partial charge in [0.1, 0.15) is 0 Å². The van der Waals surface area contributed by atoms with Crippen molar-refractivity contribution in [3.8, 4) is 0 Å². The van der Waals surface area contributed by atoms with Crippen LogP contribution in [0, 0.1) is 0 Å². The van der Waals surface area contributed by atoms with Crippen LogP contribution in [0.4, 0.5) is 8.78 Å². The van der Waals surface area contributed by atoms with Gasteiger partial charge in [0.25, 0.3) is 5.91 Å². The summed E-state index contributed by atoms with van der Waals surface area (Å²) in [5, 5.41) is 2.02. The van der Waals surface area contributed by atoms with Gasteiger partial charge < -0.3 is 11.1 Å². The van der Waals surface area contributed by atoms with Crippen molar-refractivity contribution in [2.24, 2.45) is 5.73 Å². The molecule has 0 aliphatic rings. The molecular weight excluding hydrogens is 218 g/mol. The Labute approximate surface area is 90.4 Å². The van der Waals surface area contributed by atoms with Crippen LogP contribution in [0.5, 0.6) is 0 Å². The predicted molar refractivity (Wildman–Crippen MR) is 52.8 cm³/mol. The van der Waals surface area contributed by atoms with Crippen molar-refractivity contribution in [2.45, 2.75) is 13.0 Å². The Bertz CT molecular complexity index is 408. The maximum Gasteiger partial charge on any atom is 0.315 e. The summed E-state index contributed by atoms with van der Waals surface area (Å²) >= 11 is 0. The molecule has 1 aromatic carbocycles. The maximum absolute atomic E-state index is 11.9. The molecule has 3 N–H and O–H groups in total. The van der Waals surface area contributed by atoms with Crippen molar-refractivity contribution in [3.05, 3.63) is 35.4 Å². The smallest absolute Gasteiger partial charge is 0.315 e. The molecule has 0 heterocycles. The third-order valence-corrected chi connectivity index (χ3v) is 1.88. The van der Waals surface area contributed by atoms with E-state index in [9.17, 15) is 18.4 Å². The van der Waals surface area contributed by atoms with Gasteiger partial charge in [0, 0.05) is 12.1 Å². The first-order chi connectivity index (χ1) is 7.50. The van der Waals surface area contributed by atoms with Crippen LogP contribution in [0.2, 0.25) is 0 Å². The number of carbonyl (C=O) groups excluding carboxylic acids is 2. The Kier molecular flexibility index (Phi) is 3.93. The fourth-order valence-electron chi connectivity index (χ4n) is 1.10. The summed E-state index contributed by atoms with van der Waals surface area (Å²) < 4.78 is 23.7. The number of hydrogen-bond donors (Lipinski definition) is 2. The SMILES string of the molecule is NC(=O)c1cccc(CNC(=O)C(F)F)c1. The Balaban J connectivity index is 2.64. The molecule has 0 aromatic heterocycles. The molecule has 86 valence electrons. The molecule has 0 radical (unpaired) electrons. The van der Waals surface area contributed by atoms with E-state index in [-0.39, 0.29) is 12.1 Å². The lowest BCUT2D eigenvalue weighted by Crippen LogP contribution is -2.29. The fraction of sp³-hybridized carbons (Fsp3) is 0.200. The highest BCUT2D eigenvalue weighted by atomic mass is 19.3. The lowest BCUT2D eigenvalue weighted by Gasteiger charge is -2.05. The van der Waals surface area contributed by atoms with Gasteiger partial charge in [-0.25, -0.2) is 0 Å². The molecule has 0 spiro atoms. The number of halogens is 2. The summed E-state index contributed by atoms with van der Waals surface area (Å²) in [6, 6.07) is 6.09. The Morgan fingerprint density at radius 3 is 2.62 bits per heavy atom. The van der Waals surface area contributed by atoms with Crippen molar-refractivity contribution in [3.63, 3.8) is 0 Å². The second-order valence-electron chi connectivity index (χ2n) is 3.08. The van der Waals surface area contributed by atoms with Gasteiger partial charge in [-0.2, -0.15) is 8.78 Å². The molecule has 2 amide bonds. The minimum Gasteiger partial charge on any atom is -0.366 e. The van der Waals surface area contributed by atoms with E-state index in [4.69, 9.17) is 5.73 Å². The molecule has 6 heteroatoms. The van der Waals surface area contributed by atoms with Crippen LogP contribution in [0.1, 0.15) is 15.9 Å². The van der Waals surface area contributed by atoms with Gasteiger partial charge in [0.2, 0.25) is 5.91 Å². The molecule has 0 fully saturated rings. The average Bonchev–Trinajstić information content (AvgIpc) is 2.26. The van der Waals surface area contributed by atoms with E-state index >= 15 is 0 Å². The van der Waals surface area contributed by atoms with Crippen LogP contribution in [-0.4, -0.2) is 18.2 Å². The van der Waals surface area contributed by atoms with Crippen LogP contribution >= 0.6 is 0 Å². The summed E-state index contributed by atoms with van der Waals surface area (Å²) in [6.07, 6.45) is -3.04. The zero-order valence-electron chi connectivity index (χ0n) is 8.24. The van der Waals surface area contributed by atoms with Crippen LogP contribution in [0.25, 0.3) is 0 Å². The summed E-state index contributed by atoms with van der Waals surface area (Å²) in [5.41, 5.74) is 5.84. The van der Waals surface area contributed by atoms with Crippen molar-refractivity contribution in [1.29, 1.82) is 0 Å². The first-order valence-corrected chi connectivity index (χ1v) is 4.45. The molecule has 0 saturated heterocycles. The van der Waals surface area contributed by atoms with E-state index in [1.807, 2.05) is 5.32 Å². The van der Waals surface area contributed by atoms with Crippen molar-refractivity contribution in [1.82, 2.24) is 5.32 Å². The van der Waals surface area contributed by atoms with Gasteiger partial charge in [0.05, 0.1) is 0 Å². The van der Waals surface area contributed by atoms with E-state index in [1.54, 1.807) is 12.1 Å². The van der Waals surface area contributed by atoms with Crippen LogP contribution in [-0.2, 0) is 11.3 Å².